The zero-order valence-corrected chi connectivity index (χ0v) is 15.3. The van der Waals surface area contributed by atoms with Gasteiger partial charge in [0.2, 0.25) is 6.79 Å². The second kappa shape index (κ2) is 8.26. The highest BCUT2D eigenvalue weighted by molar-refractivity contribution is 6.32. The molecule has 6 nitrogen and oxygen atoms in total. The SMILES string of the molecule is C[C@@H](OC(=O)/C=C/c1cc(Cl)c2c(c1)OCO2)C(=O)Nc1ccc(F)cc1F. The molecule has 0 radical (unpaired) electrons. The van der Waals surface area contributed by atoms with E-state index in [1.807, 2.05) is 0 Å². The van der Waals surface area contributed by atoms with Crippen LogP contribution in [-0.2, 0) is 14.3 Å². The van der Waals surface area contributed by atoms with Crippen LogP contribution in [0.25, 0.3) is 6.08 Å². The van der Waals surface area contributed by atoms with Crippen molar-refractivity contribution in [2.75, 3.05) is 12.1 Å². The monoisotopic (exact) mass is 409 g/mol. The zero-order chi connectivity index (χ0) is 20.3. The predicted octanol–water partition coefficient (Wildman–Crippen LogP) is 3.93. The molecule has 2 aromatic rings. The van der Waals surface area contributed by atoms with E-state index in [-0.39, 0.29) is 12.5 Å². The normalized spacial score (nSPS) is 13.4. The molecular formula is C19H14ClF2NO5. The van der Waals surface area contributed by atoms with Crippen molar-refractivity contribution in [3.05, 3.63) is 58.6 Å². The molecule has 9 heteroatoms. The van der Waals surface area contributed by atoms with E-state index >= 15 is 0 Å². The smallest absolute Gasteiger partial charge is 0.331 e. The van der Waals surface area contributed by atoms with Crippen LogP contribution in [-0.4, -0.2) is 24.8 Å². The van der Waals surface area contributed by atoms with E-state index in [9.17, 15) is 18.4 Å². The molecular weight excluding hydrogens is 396 g/mol. The van der Waals surface area contributed by atoms with Crippen LogP contribution in [0, 0.1) is 11.6 Å². The van der Waals surface area contributed by atoms with E-state index in [2.05, 4.69) is 5.32 Å². The number of carbonyl (C=O) groups excluding carboxylic acids is 2. The Kier molecular flexibility index (Phi) is 5.79. The van der Waals surface area contributed by atoms with Crippen molar-refractivity contribution in [2.24, 2.45) is 0 Å². The number of nitrogens with one attached hydrogen (secondary N) is 1. The standard InChI is InChI=1S/C19H14ClF2NO5/c1-10(19(25)23-15-4-3-12(21)8-14(15)22)28-17(24)5-2-11-6-13(20)18-16(7-11)26-9-27-18/h2-8,10H,9H2,1H3,(H,23,25)/b5-2+/t10-/m1/s1. The maximum Gasteiger partial charge on any atom is 0.331 e. The second-order valence-corrected chi connectivity index (χ2v) is 6.17. The van der Waals surface area contributed by atoms with Crippen LogP contribution in [0.15, 0.2) is 36.4 Å². The number of halogens is 3. The first-order valence-corrected chi connectivity index (χ1v) is 8.45. The fraction of sp³-hybridized carbons (Fsp3) is 0.158. The fourth-order valence-corrected chi connectivity index (χ4v) is 2.61. The van der Waals surface area contributed by atoms with E-state index < -0.39 is 29.6 Å². The highest BCUT2D eigenvalue weighted by atomic mass is 35.5. The molecule has 0 spiro atoms. The highest BCUT2D eigenvalue weighted by Crippen LogP contribution is 2.40. The van der Waals surface area contributed by atoms with E-state index in [1.165, 1.54) is 13.0 Å². The maximum atomic E-state index is 13.6. The van der Waals surface area contributed by atoms with Gasteiger partial charge in [0, 0.05) is 12.1 Å². The Morgan fingerprint density at radius 3 is 2.79 bits per heavy atom. The molecule has 0 aromatic heterocycles. The lowest BCUT2D eigenvalue weighted by Gasteiger charge is -2.12. The Morgan fingerprint density at radius 1 is 1.25 bits per heavy atom. The van der Waals surface area contributed by atoms with Crippen LogP contribution in [0.2, 0.25) is 5.02 Å². The van der Waals surface area contributed by atoms with Crippen LogP contribution in [0.5, 0.6) is 11.5 Å². The summed E-state index contributed by atoms with van der Waals surface area (Å²) in [5, 5.41) is 2.55. The topological polar surface area (TPSA) is 73.9 Å². The Bertz CT molecular complexity index is 964. The van der Waals surface area contributed by atoms with Crippen molar-refractivity contribution < 1.29 is 32.6 Å². The Balaban J connectivity index is 1.58. The molecule has 1 N–H and O–H groups in total. The van der Waals surface area contributed by atoms with Gasteiger partial charge in [-0.15, -0.1) is 0 Å². The van der Waals surface area contributed by atoms with Gasteiger partial charge in [0.1, 0.15) is 11.6 Å². The lowest BCUT2D eigenvalue weighted by atomic mass is 10.2. The molecule has 1 aliphatic rings. The van der Waals surface area contributed by atoms with Gasteiger partial charge in [0.05, 0.1) is 10.7 Å². The largest absolute Gasteiger partial charge is 0.454 e. The number of rotatable bonds is 5. The van der Waals surface area contributed by atoms with Crippen LogP contribution < -0.4 is 14.8 Å². The summed E-state index contributed by atoms with van der Waals surface area (Å²) in [6.07, 6.45) is 1.33. The second-order valence-electron chi connectivity index (χ2n) is 5.76. The van der Waals surface area contributed by atoms with Gasteiger partial charge in [-0.25, -0.2) is 13.6 Å². The number of hydrogen-bond donors (Lipinski definition) is 1. The average Bonchev–Trinajstić information content (AvgIpc) is 3.11. The number of carbonyl (C=O) groups is 2. The number of anilines is 1. The Labute approximate surface area is 163 Å². The van der Waals surface area contributed by atoms with E-state index in [4.69, 9.17) is 25.8 Å². The lowest BCUT2D eigenvalue weighted by Crippen LogP contribution is -2.29. The summed E-state index contributed by atoms with van der Waals surface area (Å²) in [5.41, 5.74) is 0.344. The summed E-state index contributed by atoms with van der Waals surface area (Å²) < 4.78 is 41.8. The molecule has 0 aliphatic carbocycles. The molecule has 1 aliphatic heterocycles. The van der Waals surface area contributed by atoms with Crippen molar-refractivity contribution in [2.45, 2.75) is 13.0 Å². The van der Waals surface area contributed by atoms with Crippen LogP contribution >= 0.6 is 11.6 Å². The minimum absolute atomic E-state index is 0.0611. The molecule has 2 aromatic carbocycles. The van der Waals surface area contributed by atoms with Gasteiger partial charge >= 0.3 is 5.97 Å². The zero-order valence-electron chi connectivity index (χ0n) is 14.5. The van der Waals surface area contributed by atoms with Crippen LogP contribution in [0.3, 0.4) is 0 Å². The van der Waals surface area contributed by atoms with Crippen molar-refractivity contribution in [3.63, 3.8) is 0 Å². The van der Waals surface area contributed by atoms with Gasteiger partial charge in [-0.1, -0.05) is 11.6 Å². The summed E-state index contributed by atoms with van der Waals surface area (Å²) in [6.45, 7) is 1.38. The first-order chi connectivity index (χ1) is 13.3. The van der Waals surface area contributed by atoms with E-state index in [0.717, 1.165) is 18.2 Å². The van der Waals surface area contributed by atoms with Crippen LogP contribution in [0.4, 0.5) is 14.5 Å². The average molecular weight is 410 g/mol. The predicted molar refractivity (Wildman–Crippen MR) is 97.2 cm³/mol. The van der Waals surface area contributed by atoms with Crippen LogP contribution in [0.1, 0.15) is 12.5 Å². The number of amides is 1. The molecule has 0 fully saturated rings. The molecule has 1 atom stereocenters. The Morgan fingerprint density at radius 2 is 2.04 bits per heavy atom. The van der Waals surface area contributed by atoms with Gasteiger partial charge in [-0.05, 0) is 42.8 Å². The lowest BCUT2D eigenvalue weighted by molar-refractivity contribution is -0.148. The third kappa shape index (κ3) is 4.58. The van der Waals surface area contributed by atoms with Gasteiger partial charge in [0.15, 0.2) is 17.6 Å². The quantitative estimate of drug-likeness (QED) is 0.598. The van der Waals surface area contributed by atoms with Gasteiger partial charge in [-0.2, -0.15) is 0 Å². The first kappa shape index (κ1) is 19.6. The van der Waals surface area contributed by atoms with Crippen molar-refractivity contribution in [1.29, 1.82) is 0 Å². The summed E-state index contributed by atoms with van der Waals surface area (Å²) in [6, 6.07) is 5.90. The molecule has 0 saturated heterocycles. The number of fused-ring (bicyclic) bond motifs is 1. The molecule has 0 bridgehead atoms. The minimum Gasteiger partial charge on any atom is -0.454 e. The summed E-state index contributed by atoms with van der Waals surface area (Å²) in [5.74, 6) is -2.39. The maximum absolute atomic E-state index is 13.6. The molecule has 0 unspecified atom stereocenters. The molecule has 146 valence electrons. The molecule has 3 rings (SSSR count). The van der Waals surface area contributed by atoms with E-state index in [1.54, 1.807) is 12.1 Å². The summed E-state index contributed by atoms with van der Waals surface area (Å²) in [4.78, 5) is 23.9. The molecule has 1 heterocycles. The minimum atomic E-state index is -1.21. The number of hydrogen-bond acceptors (Lipinski definition) is 5. The summed E-state index contributed by atoms with van der Waals surface area (Å²) in [7, 11) is 0. The third-order valence-corrected chi connectivity index (χ3v) is 3.99. The van der Waals surface area contributed by atoms with Gasteiger partial charge in [0.25, 0.3) is 5.91 Å². The van der Waals surface area contributed by atoms with Crippen molar-refractivity contribution >= 4 is 35.2 Å². The molecule has 1 amide bonds. The van der Waals surface area contributed by atoms with Gasteiger partial charge in [-0.3, -0.25) is 4.79 Å². The number of benzene rings is 2. The van der Waals surface area contributed by atoms with Crippen molar-refractivity contribution in [1.82, 2.24) is 0 Å². The number of ether oxygens (including phenoxy) is 3. The number of esters is 1. The first-order valence-electron chi connectivity index (χ1n) is 8.07. The summed E-state index contributed by atoms with van der Waals surface area (Å²) >= 11 is 6.05. The third-order valence-electron chi connectivity index (χ3n) is 3.71. The van der Waals surface area contributed by atoms with E-state index in [0.29, 0.717) is 28.2 Å². The molecule has 28 heavy (non-hydrogen) atoms. The fourth-order valence-electron chi connectivity index (χ4n) is 2.34. The van der Waals surface area contributed by atoms with Gasteiger partial charge < -0.3 is 19.5 Å². The van der Waals surface area contributed by atoms with Crippen molar-refractivity contribution in [3.8, 4) is 11.5 Å². The Hall–Kier alpha value is -3.13. The highest BCUT2D eigenvalue weighted by Gasteiger charge is 2.19. The molecule has 0 saturated carbocycles.